The average molecular weight is 116 g/mol. The van der Waals surface area contributed by atoms with E-state index in [4.69, 9.17) is 0 Å². The van der Waals surface area contributed by atoms with E-state index in [1.54, 1.807) is 0 Å². The van der Waals surface area contributed by atoms with Crippen molar-refractivity contribution in [3.05, 3.63) is 24.3 Å². The molecule has 0 aromatic carbocycles. The monoisotopic (exact) mass is 116 g/mol. The molecule has 32 valence electrons. The fourth-order valence-corrected chi connectivity index (χ4v) is 0.338. The molecular formula is C5Fe-4. The van der Waals surface area contributed by atoms with Gasteiger partial charge in [0.15, 0.2) is 0 Å². The molecule has 0 aromatic heterocycles. The summed E-state index contributed by atoms with van der Waals surface area (Å²) in [6.45, 7) is 0. The zero-order chi connectivity index (χ0) is 4.41. The first-order chi connectivity index (χ1) is 2.89. The summed E-state index contributed by atoms with van der Waals surface area (Å²) < 4.78 is 0.731. The first kappa shape index (κ1) is 4.04. The summed E-state index contributed by atoms with van der Waals surface area (Å²) in [5.74, 6) is 0. The van der Waals surface area contributed by atoms with Crippen LogP contribution in [0.15, 0.2) is 0 Å². The van der Waals surface area contributed by atoms with E-state index in [1.807, 2.05) is 0 Å². The first-order valence-electron chi connectivity index (χ1n) is 1.43. The summed E-state index contributed by atoms with van der Waals surface area (Å²) in [6.07, 6.45) is 10.4. The third-order valence-electron chi connectivity index (χ3n) is 0.401. The van der Waals surface area contributed by atoms with Gasteiger partial charge in [-0.25, -0.2) is 0 Å². The topological polar surface area (TPSA) is 0 Å². The quantitative estimate of drug-likeness (QED) is 0.309. The number of rotatable bonds is 0. The van der Waals surface area contributed by atoms with Crippen molar-refractivity contribution < 1.29 is 15.6 Å². The first-order valence-corrected chi connectivity index (χ1v) is 1.98. The molecule has 0 radical (unpaired) electrons. The van der Waals surface area contributed by atoms with Crippen LogP contribution in [-0.2, 0) is 15.6 Å². The van der Waals surface area contributed by atoms with Crippen LogP contribution in [0.4, 0.5) is 0 Å². The molecule has 6 heavy (non-hydrogen) atoms. The second kappa shape index (κ2) is 1.55. The molecule has 0 nitrogen and oxygen atoms in total. The van der Waals surface area contributed by atoms with Crippen molar-refractivity contribution in [3.8, 4) is 0 Å². The third-order valence-corrected chi connectivity index (χ3v) is 0.677. The Bertz CT molecular complexity index is 106. The maximum absolute atomic E-state index is 3.51. The van der Waals surface area contributed by atoms with Crippen LogP contribution in [0.25, 0.3) is 0 Å². The number of hydrogen-bond acceptors (Lipinski definition) is 0. The van der Waals surface area contributed by atoms with E-state index in [1.165, 1.54) is 0 Å². The van der Waals surface area contributed by atoms with E-state index in [-0.39, 0.29) is 0 Å². The van der Waals surface area contributed by atoms with Crippen molar-refractivity contribution in [2.45, 2.75) is 0 Å². The molecule has 1 rings (SSSR count). The van der Waals surface area contributed by atoms with Crippen molar-refractivity contribution in [2.24, 2.45) is 0 Å². The normalized spacial score (nSPS) is 17.2. The SMILES string of the molecule is [Fe]=[C]1[C-]=[C-][C-]=[C-]1. The predicted molar refractivity (Wildman–Crippen MR) is 18.0 cm³/mol. The fourth-order valence-electron chi connectivity index (χ4n) is 0.200. The van der Waals surface area contributed by atoms with Gasteiger partial charge in [0.05, 0.1) is 0 Å². The van der Waals surface area contributed by atoms with Gasteiger partial charge in [0.25, 0.3) is 0 Å². The van der Waals surface area contributed by atoms with Crippen LogP contribution in [0.5, 0.6) is 0 Å². The van der Waals surface area contributed by atoms with Crippen molar-refractivity contribution in [3.63, 3.8) is 0 Å². The van der Waals surface area contributed by atoms with E-state index < -0.39 is 0 Å². The molecule has 1 heteroatoms. The molecule has 1 aliphatic carbocycles. The van der Waals surface area contributed by atoms with E-state index in [0.29, 0.717) is 0 Å². The number of hydrogen-bond donors (Lipinski definition) is 0. The Morgan fingerprint density at radius 3 is 1.83 bits per heavy atom. The second-order valence-electron chi connectivity index (χ2n) is 0.802. The van der Waals surface area contributed by atoms with Crippen LogP contribution in [0.3, 0.4) is 0 Å². The standard InChI is InChI=1S/C5.Fe/c1-2-4-5-3-1;/q-4;. The van der Waals surface area contributed by atoms with Crippen LogP contribution < -0.4 is 0 Å². The molecule has 0 heterocycles. The van der Waals surface area contributed by atoms with Gasteiger partial charge in [-0.15, -0.1) is 0 Å². The molecule has 0 spiro atoms. The van der Waals surface area contributed by atoms with Gasteiger partial charge in [-0.2, -0.15) is 0 Å². The molecule has 0 N–H and O–H groups in total. The molecule has 0 amide bonds. The molecule has 0 fully saturated rings. The van der Waals surface area contributed by atoms with E-state index in [9.17, 15) is 0 Å². The van der Waals surface area contributed by atoms with Gasteiger partial charge < -0.3 is 0 Å². The molecule has 0 aromatic rings. The molecular weight excluding hydrogens is 116 g/mol. The number of allylic oxidation sites excluding steroid dienone is 4. The van der Waals surface area contributed by atoms with Crippen LogP contribution in [0.1, 0.15) is 0 Å². The van der Waals surface area contributed by atoms with Gasteiger partial charge in [-0.3, -0.25) is 0 Å². The fraction of sp³-hybridized carbons (Fsp3) is 0. The van der Waals surface area contributed by atoms with Gasteiger partial charge in [0, 0.05) is 0 Å². The summed E-state index contributed by atoms with van der Waals surface area (Å²) in [5.41, 5.74) is 0. The van der Waals surface area contributed by atoms with Crippen molar-refractivity contribution in [2.75, 3.05) is 0 Å². The summed E-state index contributed by atoms with van der Waals surface area (Å²) in [5, 5.41) is 0. The zero-order valence-corrected chi connectivity index (χ0v) is 3.96. The average Bonchev–Trinajstić information content (AvgIpc) is 1.86. The van der Waals surface area contributed by atoms with Crippen molar-refractivity contribution in [1.29, 1.82) is 0 Å². The Hall–Kier alpha value is -0.131. The Morgan fingerprint density at radius 2 is 1.67 bits per heavy atom. The van der Waals surface area contributed by atoms with Crippen LogP contribution >= 0.6 is 0 Å². The summed E-state index contributed by atoms with van der Waals surface area (Å²) >= 11 is 3.51. The Kier molecular flexibility index (Phi) is 1.04. The third kappa shape index (κ3) is 0.675. The zero-order valence-electron chi connectivity index (χ0n) is 2.85. The molecule has 0 saturated heterocycles. The van der Waals surface area contributed by atoms with Crippen LogP contribution in [0.2, 0.25) is 0 Å². The summed E-state index contributed by atoms with van der Waals surface area (Å²) in [7, 11) is 0. The second-order valence-corrected chi connectivity index (χ2v) is 1.35. The van der Waals surface area contributed by atoms with Crippen molar-refractivity contribution in [1.82, 2.24) is 0 Å². The van der Waals surface area contributed by atoms with Gasteiger partial charge in [0.2, 0.25) is 0 Å². The molecule has 0 bridgehead atoms. The Morgan fingerprint density at radius 1 is 1.17 bits per heavy atom. The van der Waals surface area contributed by atoms with E-state index in [2.05, 4.69) is 39.9 Å². The molecule has 0 atom stereocenters. The molecule has 0 saturated carbocycles. The van der Waals surface area contributed by atoms with E-state index in [0.717, 1.165) is 4.42 Å². The van der Waals surface area contributed by atoms with Gasteiger partial charge in [0.1, 0.15) is 0 Å². The molecule has 1 aliphatic rings. The Balaban J connectivity index is 2.86. The summed E-state index contributed by atoms with van der Waals surface area (Å²) in [4.78, 5) is 0. The minimum absolute atomic E-state index is 0.731. The maximum atomic E-state index is 3.51. The van der Waals surface area contributed by atoms with Gasteiger partial charge in [-0.1, -0.05) is 0 Å². The molecule has 0 aliphatic heterocycles. The summed E-state index contributed by atoms with van der Waals surface area (Å²) in [6, 6.07) is 0. The van der Waals surface area contributed by atoms with Gasteiger partial charge in [-0.05, 0) is 0 Å². The van der Waals surface area contributed by atoms with Crippen LogP contribution in [0, 0.1) is 24.3 Å². The Labute approximate surface area is 44.9 Å². The van der Waals surface area contributed by atoms with Crippen LogP contribution in [-0.4, -0.2) is 4.42 Å². The van der Waals surface area contributed by atoms with E-state index >= 15 is 0 Å². The van der Waals surface area contributed by atoms with Gasteiger partial charge >= 0.3 is 44.3 Å². The predicted octanol–water partition coefficient (Wildman–Crippen LogP) is 0.0444. The molecule has 0 unspecified atom stereocenters. The van der Waals surface area contributed by atoms with Crippen molar-refractivity contribution >= 4 is 4.42 Å². The minimum atomic E-state index is 0.731.